The number of nitrogen functional groups attached to an aromatic ring is 1. The van der Waals surface area contributed by atoms with Gasteiger partial charge in [-0.1, -0.05) is 0 Å². The fourth-order valence-electron chi connectivity index (χ4n) is 2.03. The minimum atomic E-state index is -0.981. The molecule has 2 heterocycles. The van der Waals surface area contributed by atoms with Crippen LogP contribution in [0.4, 0.5) is 14.6 Å². The molecule has 0 bridgehead atoms. The predicted octanol–water partition coefficient (Wildman–Crippen LogP) is 1.68. The first-order valence-corrected chi connectivity index (χ1v) is 5.34. The Hall–Kier alpha value is -2.70. The van der Waals surface area contributed by atoms with Gasteiger partial charge in [0.25, 0.3) is 5.91 Å². The minimum absolute atomic E-state index is 0.0347. The number of nitrogens with one attached hydrogen (secondary N) is 1. The lowest BCUT2D eigenvalue weighted by molar-refractivity contribution is 0.100. The van der Waals surface area contributed by atoms with Gasteiger partial charge in [-0.3, -0.25) is 4.79 Å². The summed E-state index contributed by atoms with van der Waals surface area (Å²) in [6.07, 6.45) is 0. The van der Waals surface area contributed by atoms with Gasteiger partial charge in [0.15, 0.2) is 11.6 Å². The summed E-state index contributed by atoms with van der Waals surface area (Å²) < 4.78 is 26.4. The summed E-state index contributed by atoms with van der Waals surface area (Å²) in [6.45, 7) is 0. The van der Waals surface area contributed by atoms with Crippen molar-refractivity contribution in [2.75, 3.05) is 5.73 Å². The number of aromatic amines is 1. The van der Waals surface area contributed by atoms with Crippen molar-refractivity contribution in [3.63, 3.8) is 0 Å². The highest BCUT2D eigenvalue weighted by Gasteiger charge is 2.14. The lowest BCUT2D eigenvalue weighted by Crippen LogP contribution is -2.14. The number of nitrogens with zero attached hydrogens (tertiary/aromatic N) is 1. The number of halogens is 2. The van der Waals surface area contributed by atoms with E-state index in [0.29, 0.717) is 21.9 Å². The Morgan fingerprint density at radius 1 is 1.16 bits per heavy atom. The van der Waals surface area contributed by atoms with Crippen molar-refractivity contribution < 1.29 is 13.6 Å². The number of aromatic nitrogens is 2. The van der Waals surface area contributed by atoms with E-state index in [1.54, 1.807) is 0 Å². The molecule has 3 aromatic rings. The number of carbonyl (C=O) groups excluding carboxylic acids is 1. The first-order chi connectivity index (χ1) is 8.97. The van der Waals surface area contributed by atoms with Crippen molar-refractivity contribution >= 4 is 33.7 Å². The molecule has 0 saturated carbocycles. The molecule has 0 fully saturated rings. The molecule has 0 unspecified atom stereocenters. The second-order valence-electron chi connectivity index (χ2n) is 4.12. The molecule has 0 radical (unpaired) electrons. The van der Waals surface area contributed by atoms with Crippen molar-refractivity contribution in [1.82, 2.24) is 9.97 Å². The van der Waals surface area contributed by atoms with E-state index in [4.69, 9.17) is 11.5 Å². The third kappa shape index (κ3) is 1.59. The Balaban J connectivity index is 2.46. The molecule has 0 aliphatic carbocycles. The molecule has 7 heteroatoms. The number of rotatable bonds is 1. The third-order valence-electron chi connectivity index (χ3n) is 2.92. The zero-order chi connectivity index (χ0) is 13.7. The normalized spacial score (nSPS) is 11.3. The highest BCUT2D eigenvalue weighted by Crippen LogP contribution is 2.28. The quantitative estimate of drug-likeness (QED) is 0.622. The van der Waals surface area contributed by atoms with Crippen molar-refractivity contribution in [1.29, 1.82) is 0 Å². The first-order valence-electron chi connectivity index (χ1n) is 5.34. The number of benzene rings is 1. The van der Waals surface area contributed by atoms with Crippen LogP contribution >= 0.6 is 0 Å². The van der Waals surface area contributed by atoms with E-state index in [2.05, 4.69) is 9.97 Å². The van der Waals surface area contributed by atoms with E-state index in [0.717, 1.165) is 12.1 Å². The van der Waals surface area contributed by atoms with Gasteiger partial charge in [-0.15, -0.1) is 0 Å². The van der Waals surface area contributed by atoms with Crippen LogP contribution in [-0.4, -0.2) is 15.9 Å². The molecule has 0 aliphatic heterocycles. The molecule has 2 aromatic heterocycles. The standard InChI is InChI=1S/C12H8F2N4O/c13-7-2-4-5-1-6(11(16)19)10(15)18-12(5)17-9(4)3-8(7)14/h1-3H,(H2,16,19)(H3,15,17,18). The Labute approximate surface area is 105 Å². The number of H-pyrrole nitrogens is 1. The summed E-state index contributed by atoms with van der Waals surface area (Å²) in [5.74, 6) is -2.72. The fourth-order valence-corrected chi connectivity index (χ4v) is 2.03. The van der Waals surface area contributed by atoms with Crippen LogP contribution < -0.4 is 11.5 Å². The van der Waals surface area contributed by atoms with Crippen LogP contribution in [0.3, 0.4) is 0 Å². The maximum atomic E-state index is 13.3. The van der Waals surface area contributed by atoms with E-state index in [1.807, 2.05) is 0 Å². The van der Waals surface area contributed by atoms with Gasteiger partial charge in [0.05, 0.1) is 11.1 Å². The van der Waals surface area contributed by atoms with E-state index >= 15 is 0 Å². The molecule has 19 heavy (non-hydrogen) atoms. The number of anilines is 1. The molecule has 5 nitrogen and oxygen atoms in total. The predicted molar refractivity (Wildman–Crippen MR) is 66.4 cm³/mol. The molecular formula is C12H8F2N4O. The largest absolute Gasteiger partial charge is 0.383 e. The van der Waals surface area contributed by atoms with E-state index < -0.39 is 17.5 Å². The second-order valence-corrected chi connectivity index (χ2v) is 4.12. The van der Waals surface area contributed by atoms with Gasteiger partial charge in [-0.05, 0) is 12.1 Å². The number of primary amides is 1. The van der Waals surface area contributed by atoms with Crippen LogP contribution in [0.25, 0.3) is 21.9 Å². The monoisotopic (exact) mass is 262 g/mol. The summed E-state index contributed by atoms with van der Waals surface area (Å²) in [7, 11) is 0. The van der Waals surface area contributed by atoms with Crippen molar-refractivity contribution in [2.24, 2.45) is 5.73 Å². The Bertz CT molecular complexity index is 841. The van der Waals surface area contributed by atoms with Crippen molar-refractivity contribution in [3.05, 3.63) is 35.4 Å². The average molecular weight is 262 g/mol. The molecular weight excluding hydrogens is 254 g/mol. The summed E-state index contributed by atoms with van der Waals surface area (Å²) in [6, 6.07) is 3.47. The Kier molecular flexibility index (Phi) is 2.19. The van der Waals surface area contributed by atoms with Crippen LogP contribution in [0.2, 0.25) is 0 Å². The number of hydrogen-bond acceptors (Lipinski definition) is 3. The van der Waals surface area contributed by atoms with Crippen molar-refractivity contribution in [3.8, 4) is 0 Å². The average Bonchev–Trinajstić information content (AvgIpc) is 2.65. The van der Waals surface area contributed by atoms with Crippen molar-refractivity contribution in [2.45, 2.75) is 0 Å². The smallest absolute Gasteiger partial charge is 0.252 e. The molecule has 0 spiro atoms. The number of carbonyl (C=O) groups is 1. The molecule has 0 aliphatic rings. The minimum Gasteiger partial charge on any atom is -0.383 e. The fraction of sp³-hybridized carbons (Fsp3) is 0. The summed E-state index contributed by atoms with van der Waals surface area (Å²) in [5.41, 5.74) is 11.5. The Morgan fingerprint density at radius 3 is 2.53 bits per heavy atom. The lowest BCUT2D eigenvalue weighted by Gasteiger charge is -2.00. The summed E-state index contributed by atoms with van der Waals surface area (Å²) in [5, 5.41) is 0.862. The maximum absolute atomic E-state index is 13.3. The van der Waals surface area contributed by atoms with Crippen LogP contribution in [0.1, 0.15) is 10.4 Å². The van der Waals surface area contributed by atoms with Gasteiger partial charge < -0.3 is 16.5 Å². The topological polar surface area (TPSA) is 97.8 Å². The summed E-state index contributed by atoms with van der Waals surface area (Å²) >= 11 is 0. The van der Waals surface area contributed by atoms with Gasteiger partial charge in [-0.2, -0.15) is 0 Å². The summed E-state index contributed by atoms with van der Waals surface area (Å²) in [4.78, 5) is 18.0. The van der Waals surface area contributed by atoms with Gasteiger partial charge in [0.2, 0.25) is 0 Å². The Morgan fingerprint density at radius 2 is 1.84 bits per heavy atom. The first kappa shape index (κ1) is 11.4. The van der Waals surface area contributed by atoms with Gasteiger partial charge in [-0.25, -0.2) is 13.8 Å². The molecule has 1 aromatic carbocycles. The highest BCUT2D eigenvalue weighted by atomic mass is 19.2. The molecule has 0 atom stereocenters. The molecule has 96 valence electrons. The number of hydrogen-bond donors (Lipinski definition) is 3. The van der Waals surface area contributed by atoms with Gasteiger partial charge in [0, 0.05) is 16.8 Å². The molecule has 5 N–H and O–H groups in total. The second kappa shape index (κ2) is 3.64. The number of pyridine rings is 1. The van der Waals surface area contributed by atoms with Crippen LogP contribution in [0, 0.1) is 11.6 Å². The zero-order valence-corrected chi connectivity index (χ0v) is 9.50. The van der Waals surface area contributed by atoms with E-state index in [-0.39, 0.29) is 11.4 Å². The van der Waals surface area contributed by atoms with Gasteiger partial charge >= 0.3 is 0 Å². The maximum Gasteiger partial charge on any atom is 0.252 e. The number of nitrogens with two attached hydrogens (primary N) is 2. The third-order valence-corrected chi connectivity index (χ3v) is 2.92. The van der Waals surface area contributed by atoms with Crippen LogP contribution in [0.15, 0.2) is 18.2 Å². The SMILES string of the molecule is NC(=O)c1cc2c(nc1N)[nH]c1cc(F)c(F)cc12. The molecule has 1 amide bonds. The lowest BCUT2D eigenvalue weighted by atomic mass is 10.1. The van der Waals surface area contributed by atoms with Crippen LogP contribution in [-0.2, 0) is 0 Å². The zero-order valence-electron chi connectivity index (χ0n) is 9.50. The van der Waals surface area contributed by atoms with Crippen LogP contribution in [0.5, 0.6) is 0 Å². The van der Waals surface area contributed by atoms with Gasteiger partial charge in [0.1, 0.15) is 11.5 Å². The van der Waals surface area contributed by atoms with E-state index in [1.165, 1.54) is 6.07 Å². The highest BCUT2D eigenvalue weighted by molar-refractivity contribution is 6.10. The number of amides is 1. The number of fused-ring (bicyclic) bond motifs is 3. The van der Waals surface area contributed by atoms with E-state index in [9.17, 15) is 13.6 Å². The molecule has 3 rings (SSSR count). The molecule has 0 saturated heterocycles.